The summed E-state index contributed by atoms with van der Waals surface area (Å²) in [6.07, 6.45) is -0.632. The van der Waals surface area contributed by atoms with Crippen LogP contribution in [0.5, 0.6) is 0 Å². The van der Waals surface area contributed by atoms with E-state index < -0.39 is 11.7 Å². The van der Waals surface area contributed by atoms with Crippen LogP contribution in [0.1, 0.15) is 21.7 Å². The van der Waals surface area contributed by atoms with E-state index in [-0.39, 0.29) is 5.91 Å². The lowest BCUT2D eigenvalue weighted by molar-refractivity contribution is -0.137. The number of hydrogen-bond acceptors (Lipinski definition) is 4. The number of rotatable bonds is 6. The highest BCUT2D eigenvalue weighted by molar-refractivity contribution is 6.08. The molecule has 0 aliphatic carbocycles. The van der Waals surface area contributed by atoms with E-state index in [1.165, 1.54) is 12.1 Å². The summed E-state index contributed by atoms with van der Waals surface area (Å²) >= 11 is 0. The lowest BCUT2D eigenvalue weighted by Crippen LogP contribution is -2.46. The van der Waals surface area contributed by atoms with Crippen molar-refractivity contribution < 1.29 is 18.0 Å². The molecular weight excluding hydrogens is 491 g/mol. The molecule has 0 radical (unpaired) electrons. The third-order valence-corrected chi connectivity index (χ3v) is 6.84. The second-order valence-electron chi connectivity index (χ2n) is 9.34. The van der Waals surface area contributed by atoms with Crippen molar-refractivity contribution in [3.63, 3.8) is 0 Å². The van der Waals surface area contributed by atoms with Crippen LogP contribution < -0.4 is 10.2 Å². The molecule has 4 aromatic rings. The van der Waals surface area contributed by atoms with E-state index in [2.05, 4.69) is 20.1 Å². The van der Waals surface area contributed by atoms with Gasteiger partial charge in [-0.25, -0.2) is 4.98 Å². The Labute approximate surface area is 219 Å². The minimum Gasteiger partial charge on any atom is -0.369 e. The van der Waals surface area contributed by atoms with Gasteiger partial charge in [0.1, 0.15) is 5.82 Å². The summed E-state index contributed by atoms with van der Waals surface area (Å²) < 4.78 is 40.9. The maximum Gasteiger partial charge on any atom is 0.416 e. The Morgan fingerprint density at radius 1 is 0.921 bits per heavy atom. The second-order valence-corrected chi connectivity index (χ2v) is 9.34. The monoisotopic (exact) mass is 519 g/mol. The average Bonchev–Trinajstić information content (AvgIpc) is 3.33. The van der Waals surface area contributed by atoms with Crippen LogP contribution in [0.4, 0.5) is 24.5 Å². The topological polar surface area (TPSA) is 53.4 Å². The molecule has 1 fully saturated rings. The quantitative estimate of drug-likeness (QED) is 0.356. The maximum atomic E-state index is 13.1. The highest BCUT2D eigenvalue weighted by atomic mass is 19.4. The lowest BCUT2D eigenvalue weighted by atomic mass is 9.98. The standard InChI is InChI=1S/C29H28F3N5O/c1-35-15-14-33-27(35)20-36-16-18-37(19-17-36)24-12-10-23(11-13-24)34-28(38)26-5-3-2-4-25(26)21-6-8-22(9-7-21)29(30,31)32/h2-15H,16-20H2,1H3,(H,34,38). The lowest BCUT2D eigenvalue weighted by Gasteiger charge is -2.36. The molecule has 3 aromatic carbocycles. The molecule has 1 aromatic heterocycles. The Kier molecular flexibility index (Phi) is 7.20. The number of amides is 1. The molecule has 0 atom stereocenters. The van der Waals surface area contributed by atoms with Crippen molar-refractivity contribution in [2.24, 2.45) is 7.05 Å². The summed E-state index contributed by atoms with van der Waals surface area (Å²) in [6.45, 7) is 4.50. The van der Waals surface area contributed by atoms with Crippen molar-refractivity contribution in [2.75, 3.05) is 36.4 Å². The Hall–Kier alpha value is -4.11. The van der Waals surface area contributed by atoms with E-state index in [1.54, 1.807) is 24.3 Å². The maximum absolute atomic E-state index is 13.1. The number of carbonyl (C=O) groups excluding carboxylic acids is 1. The highest BCUT2D eigenvalue weighted by Gasteiger charge is 2.30. The fraction of sp³-hybridized carbons (Fsp3) is 0.241. The molecule has 1 amide bonds. The van der Waals surface area contributed by atoms with Crippen LogP contribution in [0.15, 0.2) is 85.2 Å². The van der Waals surface area contributed by atoms with Gasteiger partial charge in [-0.15, -0.1) is 0 Å². The zero-order valence-corrected chi connectivity index (χ0v) is 20.9. The van der Waals surface area contributed by atoms with Crippen LogP contribution in [0.3, 0.4) is 0 Å². The highest BCUT2D eigenvalue weighted by Crippen LogP contribution is 2.32. The zero-order chi connectivity index (χ0) is 26.7. The molecule has 1 saturated heterocycles. The molecule has 0 bridgehead atoms. The van der Waals surface area contributed by atoms with E-state index in [0.29, 0.717) is 22.4 Å². The SMILES string of the molecule is Cn1ccnc1CN1CCN(c2ccc(NC(=O)c3ccccc3-c3ccc(C(F)(F)F)cc3)cc2)CC1. The van der Waals surface area contributed by atoms with Gasteiger partial charge in [0, 0.05) is 62.6 Å². The molecule has 5 rings (SSSR count). The number of aromatic nitrogens is 2. The predicted octanol–water partition coefficient (Wildman–Crippen LogP) is 5.68. The fourth-order valence-electron chi connectivity index (χ4n) is 4.64. The Morgan fingerprint density at radius 2 is 1.61 bits per heavy atom. The Morgan fingerprint density at radius 3 is 2.24 bits per heavy atom. The van der Waals surface area contributed by atoms with Gasteiger partial charge in [-0.05, 0) is 53.6 Å². The van der Waals surface area contributed by atoms with E-state index >= 15 is 0 Å². The molecule has 0 spiro atoms. The number of alkyl halides is 3. The first kappa shape index (κ1) is 25.5. The van der Waals surface area contributed by atoms with Crippen molar-refractivity contribution in [3.05, 3.63) is 102 Å². The average molecular weight is 520 g/mol. The minimum absolute atomic E-state index is 0.323. The van der Waals surface area contributed by atoms with Crippen LogP contribution in [0, 0.1) is 0 Å². The number of aryl methyl sites for hydroxylation is 1. The molecule has 196 valence electrons. The fourth-order valence-corrected chi connectivity index (χ4v) is 4.64. The zero-order valence-electron chi connectivity index (χ0n) is 20.9. The number of anilines is 2. The van der Waals surface area contributed by atoms with Crippen molar-refractivity contribution in [2.45, 2.75) is 12.7 Å². The normalized spacial score (nSPS) is 14.5. The molecule has 9 heteroatoms. The number of halogens is 3. The molecule has 1 aliphatic rings. The van der Waals surface area contributed by atoms with Gasteiger partial charge in [-0.1, -0.05) is 30.3 Å². The predicted molar refractivity (Wildman–Crippen MR) is 142 cm³/mol. The van der Waals surface area contributed by atoms with Gasteiger partial charge in [-0.3, -0.25) is 9.69 Å². The number of carbonyl (C=O) groups is 1. The van der Waals surface area contributed by atoms with Gasteiger partial charge in [0.05, 0.1) is 12.1 Å². The molecule has 38 heavy (non-hydrogen) atoms. The number of nitrogens with zero attached hydrogens (tertiary/aromatic N) is 4. The summed E-state index contributed by atoms with van der Waals surface area (Å²) in [7, 11) is 2.01. The summed E-state index contributed by atoms with van der Waals surface area (Å²) in [5.74, 6) is 0.731. The van der Waals surface area contributed by atoms with Gasteiger partial charge < -0.3 is 14.8 Å². The van der Waals surface area contributed by atoms with Crippen LogP contribution in [0.25, 0.3) is 11.1 Å². The molecule has 1 N–H and O–H groups in total. The first-order valence-electron chi connectivity index (χ1n) is 12.4. The van der Waals surface area contributed by atoms with Gasteiger partial charge >= 0.3 is 6.18 Å². The summed E-state index contributed by atoms with van der Waals surface area (Å²) in [6, 6.07) is 19.4. The van der Waals surface area contributed by atoms with Crippen molar-refractivity contribution >= 4 is 17.3 Å². The number of imidazole rings is 1. The summed E-state index contributed by atoms with van der Waals surface area (Å²) in [5.41, 5.74) is 2.51. The molecule has 6 nitrogen and oxygen atoms in total. The Bertz CT molecular complexity index is 1390. The van der Waals surface area contributed by atoms with E-state index in [0.717, 1.165) is 56.4 Å². The van der Waals surface area contributed by atoms with Crippen molar-refractivity contribution in [1.29, 1.82) is 0 Å². The van der Waals surface area contributed by atoms with Gasteiger partial charge in [0.2, 0.25) is 0 Å². The van der Waals surface area contributed by atoms with Gasteiger partial charge in [-0.2, -0.15) is 13.2 Å². The number of nitrogens with one attached hydrogen (secondary N) is 1. The molecular formula is C29H28F3N5O. The second kappa shape index (κ2) is 10.7. The number of benzene rings is 3. The van der Waals surface area contributed by atoms with E-state index in [1.807, 2.05) is 48.3 Å². The third kappa shape index (κ3) is 5.73. The van der Waals surface area contributed by atoms with Crippen LogP contribution in [-0.2, 0) is 19.8 Å². The van der Waals surface area contributed by atoms with Crippen LogP contribution in [0.2, 0.25) is 0 Å². The number of piperazine rings is 1. The van der Waals surface area contributed by atoms with E-state index in [4.69, 9.17) is 0 Å². The van der Waals surface area contributed by atoms with Crippen LogP contribution in [-0.4, -0.2) is 46.5 Å². The van der Waals surface area contributed by atoms with Gasteiger partial charge in [0.15, 0.2) is 0 Å². The van der Waals surface area contributed by atoms with Crippen LogP contribution >= 0.6 is 0 Å². The number of hydrogen-bond donors (Lipinski definition) is 1. The first-order valence-corrected chi connectivity index (χ1v) is 12.4. The van der Waals surface area contributed by atoms with Gasteiger partial charge in [0.25, 0.3) is 5.91 Å². The summed E-state index contributed by atoms with van der Waals surface area (Å²) in [5, 5.41) is 2.92. The van der Waals surface area contributed by atoms with E-state index in [9.17, 15) is 18.0 Å². The smallest absolute Gasteiger partial charge is 0.369 e. The van der Waals surface area contributed by atoms with Crippen molar-refractivity contribution in [1.82, 2.24) is 14.5 Å². The first-order chi connectivity index (χ1) is 18.3. The molecule has 1 aliphatic heterocycles. The third-order valence-electron chi connectivity index (χ3n) is 6.84. The summed E-state index contributed by atoms with van der Waals surface area (Å²) in [4.78, 5) is 22.2. The molecule has 0 unspecified atom stereocenters. The molecule has 2 heterocycles. The molecule has 0 saturated carbocycles. The Balaban J connectivity index is 1.21. The minimum atomic E-state index is -4.41. The largest absolute Gasteiger partial charge is 0.416 e. The van der Waals surface area contributed by atoms with Crippen molar-refractivity contribution in [3.8, 4) is 11.1 Å².